The maximum Gasteiger partial charge on any atom is 0.251 e. The van der Waals surface area contributed by atoms with E-state index in [1.165, 1.54) is 7.11 Å². The summed E-state index contributed by atoms with van der Waals surface area (Å²) < 4.78 is 11.2. The Morgan fingerprint density at radius 1 is 1.06 bits per heavy atom. The van der Waals surface area contributed by atoms with Crippen LogP contribution in [0.25, 0.3) is 0 Å². The molecule has 0 fully saturated rings. The molecule has 0 spiro atoms. The van der Waals surface area contributed by atoms with Crippen LogP contribution in [0.3, 0.4) is 0 Å². The number of aromatic nitrogens is 1. The Kier molecular flexibility index (Phi) is 7.84. The molecule has 0 saturated heterocycles. The van der Waals surface area contributed by atoms with Crippen molar-refractivity contribution in [2.45, 2.75) is 13.0 Å². The molecule has 0 aliphatic heterocycles. The van der Waals surface area contributed by atoms with Crippen LogP contribution in [-0.4, -0.2) is 30.5 Å². The summed E-state index contributed by atoms with van der Waals surface area (Å²) >= 11 is 5.89. The number of rotatable bonds is 9. The van der Waals surface area contributed by atoms with E-state index < -0.39 is 0 Å². The van der Waals surface area contributed by atoms with E-state index in [1.54, 1.807) is 54.9 Å². The Bertz CT molecular complexity index is 1030. The number of anilines is 1. The van der Waals surface area contributed by atoms with Gasteiger partial charge in [0.15, 0.2) is 11.5 Å². The van der Waals surface area contributed by atoms with E-state index in [1.807, 2.05) is 12.1 Å². The lowest BCUT2D eigenvalue weighted by atomic mass is 10.2. The van der Waals surface area contributed by atoms with Gasteiger partial charge in [0.2, 0.25) is 5.91 Å². The Hall–Kier alpha value is -3.58. The van der Waals surface area contributed by atoms with E-state index in [2.05, 4.69) is 15.6 Å². The number of ether oxygens (including phenoxy) is 2. The highest BCUT2D eigenvalue weighted by Crippen LogP contribution is 2.29. The van der Waals surface area contributed by atoms with Crippen molar-refractivity contribution < 1.29 is 19.1 Å². The first-order valence-electron chi connectivity index (χ1n) is 9.58. The standard InChI is InChI=1S/C23H22ClN3O4/c1-30-21-13-17(6-9-20(21)31-15-16-4-7-18(24)8-5-16)23(29)26-12-10-22(28)27-19-3-2-11-25-14-19/h2-9,11,13-14H,10,12,15H2,1H3,(H,26,29)(H,27,28). The molecular weight excluding hydrogens is 418 g/mol. The molecule has 160 valence electrons. The number of halogens is 1. The van der Waals surface area contributed by atoms with Gasteiger partial charge in [-0.1, -0.05) is 23.7 Å². The highest BCUT2D eigenvalue weighted by Gasteiger charge is 2.12. The van der Waals surface area contributed by atoms with E-state index in [9.17, 15) is 9.59 Å². The molecule has 0 aliphatic rings. The van der Waals surface area contributed by atoms with Gasteiger partial charge in [-0.05, 0) is 48.0 Å². The number of pyridine rings is 1. The molecule has 8 heteroatoms. The molecule has 31 heavy (non-hydrogen) atoms. The molecule has 0 atom stereocenters. The van der Waals surface area contributed by atoms with Crippen LogP contribution >= 0.6 is 11.6 Å². The van der Waals surface area contributed by atoms with E-state index in [4.69, 9.17) is 21.1 Å². The maximum absolute atomic E-state index is 12.4. The molecule has 0 aliphatic carbocycles. The second-order valence-electron chi connectivity index (χ2n) is 6.58. The normalized spacial score (nSPS) is 10.3. The van der Waals surface area contributed by atoms with Crippen molar-refractivity contribution in [3.8, 4) is 11.5 Å². The molecular formula is C23H22ClN3O4. The number of nitrogens with one attached hydrogen (secondary N) is 2. The zero-order valence-electron chi connectivity index (χ0n) is 16.9. The minimum absolute atomic E-state index is 0.139. The predicted molar refractivity (Wildman–Crippen MR) is 119 cm³/mol. The highest BCUT2D eigenvalue weighted by atomic mass is 35.5. The largest absolute Gasteiger partial charge is 0.493 e. The van der Waals surface area contributed by atoms with Gasteiger partial charge in [-0.3, -0.25) is 14.6 Å². The van der Waals surface area contributed by atoms with Crippen LogP contribution in [0.5, 0.6) is 11.5 Å². The van der Waals surface area contributed by atoms with Crippen molar-refractivity contribution in [2.24, 2.45) is 0 Å². The van der Waals surface area contributed by atoms with E-state index in [-0.39, 0.29) is 24.8 Å². The van der Waals surface area contributed by atoms with Crippen molar-refractivity contribution in [1.29, 1.82) is 0 Å². The van der Waals surface area contributed by atoms with Gasteiger partial charge in [0.1, 0.15) is 6.61 Å². The Balaban J connectivity index is 1.51. The molecule has 7 nitrogen and oxygen atoms in total. The maximum atomic E-state index is 12.4. The van der Waals surface area contributed by atoms with Crippen molar-refractivity contribution in [3.63, 3.8) is 0 Å². The minimum atomic E-state index is -0.309. The van der Waals surface area contributed by atoms with Gasteiger partial charge in [0.05, 0.1) is 19.0 Å². The third kappa shape index (κ3) is 6.72. The summed E-state index contributed by atoms with van der Waals surface area (Å²) in [5, 5.41) is 6.10. The molecule has 3 aromatic rings. The summed E-state index contributed by atoms with van der Waals surface area (Å²) in [5.41, 5.74) is 1.97. The number of amides is 2. The zero-order chi connectivity index (χ0) is 22.1. The van der Waals surface area contributed by atoms with Crippen molar-refractivity contribution in [3.05, 3.63) is 83.1 Å². The third-order valence-corrected chi connectivity index (χ3v) is 4.57. The smallest absolute Gasteiger partial charge is 0.251 e. The molecule has 1 aromatic heterocycles. The average molecular weight is 440 g/mol. The first-order chi connectivity index (χ1) is 15.0. The number of hydrogen-bond acceptors (Lipinski definition) is 5. The number of hydrogen-bond donors (Lipinski definition) is 2. The fourth-order valence-corrected chi connectivity index (χ4v) is 2.85. The molecule has 0 unspecified atom stereocenters. The Morgan fingerprint density at radius 3 is 2.58 bits per heavy atom. The van der Waals surface area contributed by atoms with Gasteiger partial charge in [0.25, 0.3) is 5.91 Å². The van der Waals surface area contributed by atoms with Crippen LogP contribution in [0.4, 0.5) is 5.69 Å². The molecule has 0 bridgehead atoms. The number of carbonyl (C=O) groups is 2. The topological polar surface area (TPSA) is 89.5 Å². The molecule has 1 heterocycles. The van der Waals surface area contributed by atoms with Crippen molar-refractivity contribution in [1.82, 2.24) is 10.3 Å². The molecule has 0 radical (unpaired) electrons. The first kappa shape index (κ1) is 22.1. The summed E-state index contributed by atoms with van der Waals surface area (Å²) in [6, 6.07) is 15.7. The second-order valence-corrected chi connectivity index (χ2v) is 7.01. The molecule has 2 aromatic carbocycles. The van der Waals surface area contributed by atoms with Gasteiger partial charge >= 0.3 is 0 Å². The van der Waals surface area contributed by atoms with Gasteiger partial charge in [-0.15, -0.1) is 0 Å². The van der Waals surface area contributed by atoms with Crippen LogP contribution in [0.2, 0.25) is 5.02 Å². The van der Waals surface area contributed by atoms with Crippen LogP contribution in [0.1, 0.15) is 22.3 Å². The lowest BCUT2D eigenvalue weighted by molar-refractivity contribution is -0.116. The van der Waals surface area contributed by atoms with Gasteiger partial charge in [-0.2, -0.15) is 0 Å². The van der Waals surface area contributed by atoms with Crippen LogP contribution in [0.15, 0.2) is 67.0 Å². The van der Waals surface area contributed by atoms with Gasteiger partial charge in [-0.25, -0.2) is 0 Å². The monoisotopic (exact) mass is 439 g/mol. The SMILES string of the molecule is COc1cc(C(=O)NCCC(=O)Nc2cccnc2)ccc1OCc1ccc(Cl)cc1. The minimum Gasteiger partial charge on any atom is -0.493 e. The quantitative estimate of drug-likeness (QED) is 0.524. The lowest BCUT2D eigenvalue weighted by Gasteiger charge is -2.12. The number of nitrogens with zero attached hydrogens (tertiary/aromatic N) is 1. The Morgan fingerprint density at radius 2 is 1.87 bits per heavy atom. The molecule has 3 rings (SSSR count). The van der Waals surface area contributed by atoms with Crippen LogP contribution in [0, 0.1) is 0 Å². The highest BCUT2D eigenvalue weighted by molar-refractivity contribution is 6.30. The summed E-state index contributed by atoms with van der Waals surface area (Å²) in [6.07, 6.45) is 3.32. The van der Waals surface area contributed by atoms with E-state index in [0.29, 0.717) is 34.4 Å². The zero-order valence-corrected chi connectivity index (χ0v) is 17.7. The third-order valence-electron chi connectivity index (χ3n) is 4.32. The van der Waals surface area contributed by atoms with Crippen LogP contribution < -0.4 is 20.1 Å². The van der Waals surface area contributed by atoms with Crippen molar-refractivity contribution in [2.75, 3.05) is 19.0 Å². The lowest BCUT2D eigenvalue weighted by Crippen LogP contribution is -2.27. The molecule has 2 N–H and O–H groups in total. The van der Waals surface area contributed by atoms with Crippen molar-refractivity contribution >= 4 is 29.1 Å². The molecule has 0 saturated carbocycles. The first-order valence-corrected chi connectivity index (χ1v) is 9.96. The summed E-state index contributed by atoms with van der Waals surface area (Å²) in [7, 11) is 1.51. The number of methoxy groups -OCH3 is 1. The average Bonchev–Trinajstić information content (AvgIpc) is 2.79. The molecule has 2 amide bonds. The predicted octanol–water partition coefficient (Wildman–Crippen LogP) is 4.08. The second kappa shape index (κ2) is 11.0. The summed E-state index contributed by atoms with van der Waals surface area (Å²) in [6.45, 7) is 0.535. The Labute approximate surface area is 185 Å². The van der Waals surface area contributed by atoms with Gasteiger partial charge in [0, 0.05) is 29.7 Å². The fourth-order valence-electron chi connectivity index (χ4n) is 2.72. The summed E-state index contributed by atoms with van der Waals surface area (Å²) in [5.74, 6) is 0.439. The number of carbonyl (C=O) groups excluding carboxylic acids is 2. The summed E-state index contributed by atoms with van der Waals surface area (Å²) in [4.78, 5) is 28.3. The van der Waals surface area contributed by atoms with E-state index >= 15 is 0 Å². The van der Waals surface area contributed by atoms with Crippen LogP contribution in [-0.2, 0) is 11.4 Å². The fraction of sp³-hybridized carbons (Fsp3) is 0.174. The number of benzene rings is 2. The van der Waals surface area contributed by atoms with Gasteiger partial charge < -0.3 is 20.1 Å². The van der Waals surface area contributed by atoms with E-state index in [0.717, 1.165) is 5.56 Å².